The minimum atomic E-state index is -2.12. The molecule has 9 heteroatoms. The van der Waals surface area contributed by atoms with E-state index in [1.165, 1.54) is 19.1 Å². The van der Waals surface area contributed by atoms with Crippen molar-refractivity contribution in [3.8, 4) is 0 Å². The van der Waals surface area contributed by atoms with E-state index in [-0.39, 0.29) is 41.8 Å². The Balaban J connectivity index is 1.37. The first kappa shape index (κ1) is 19.1. The van der Waals surface area contributed by atoms with Crippen LogP contribution >= 0.6 is 11.6 Å². The number of amides is 3. The first-order chi connectivity index (χ1) is 13.2. The van der Waals surface area contributed by atoms with Gasteiger partial charge < -0.3 is 20.2 Å². The maximum atomic E-state index is 13.4. The molecule has 3 fully saturated rings. The summed E-state index contributed by atoms with van der Waals surface area (Å²) in [6.07, 6.45) is 0.00787. The third-order valence-corrected chi connectivity index (χ3v) is 6.25. The quantitative estimate of drug-likeness (QED) is 0.710. The fourth-order valence-electron chi connectivity index (χ4n) is 4.48. The van der Waals surface area contributed by atoms with Crippen LogP contribution in [0.25, 0.3) is 0 Å². The van der Waals surface area contributed by atoms with Gasteiger partial charge in [-0.25, -0.2) is 4.39 Å². The lowest BCUT2D eigenvalue weighted by molar-refractivity contribution is -0.154. The Morgan fingerprint density at radius 1 is 1.32 bits per heavy atom. The lowest BCUT2D eigenvalue weighted by Gasteiger charge is -2.25. The fraction of sp³-hybridized carbons (Fsp3) is 0.526. The molecule has 4 rings (SSSR count). The van der Waals surface area contributed by atoms with Crippen LogP contribution in [0.1, 0.15) is 18.9 Å². The summed E-state index contributed by atoms with van der Waals surface area (Å²) in [6.45, 7) is 2.99. The molecule has 2 N–H and O–H groups in total. The summed E-state index contributed by atoms with van der Waals surface area (Å²) >= 11 is 5.79. The van der Waals surface area contributed by atoms with Crippen LogP contribution in [0.15, 0.2) is 18.2 Å². The number of nitrogens with zero attached hydrogens (tertiary/aromatic N) is 2. The Labute approximate surface area is 166 Å². The van der Waals surface area contributed by atoms with Crippen LogP contribution in [0.2, 0.25) is 5.02 Å². The van der Waals surface area contributed by atoms with Gasteiger partial charge in [0.2, 0.25) is 11.5 Å². The van der Waals surface area contributed by atoms with Gasteiger partial charge in [-0.15, -0.1) is 0 Å². The topological polar surface area (TPSA) is 89.9 Å². The van der Waals surface area contributed by atoms with E-state index >= 15 is 0 Å². The van der Waals surface area contributed by atoms with Gasteiger partial charge in [0, 0.05) is 62.4 Å². The molecule has 0 spiro atoms. The number of carbonyl (C=O) groups excluding carboxylic acids is 3. The second kappa shape index (κ2) is 6.70. The Bertz CT molecular complexity index is 833. The van der Waals surface area contributed by atoms with Crippen LogP contribution in [0, 0.1) is 17.7 Å². The zero-order valence-corrected chi connectivity index (χ0v) is 16.1. The van der Waals surface area contributed by atoms with Crippen LogP contribution in [-0.2, 0) is 20.9 Å². The standard InChI is InChI=1S/C19H21ClFN3O4/c1-10(25)23-8-14-15(9-23)16(14)24-3-2-19(28,18(24)27)17(26)22-7-11-4-12(20)6-13(21)5-11/h4-6,14-16,28H,2-3,7-9H2,1H3,(H,22,26). The number of piperidine rings is 1. The van der Waals surface area contributed by atoms with Gasteiger partial charge >= 0.3 is 0 Å². The van der Waals surface area contributed by atoms with E-state index in [4.69, 9.17) is 11.6 Å². The van der Waals surface area contributed by atoms with Crippen molar-refractivity contribution in [2.75, 3.05) is 19.6 Å². The molecule has 3 amide bonds. The normalized spacial score (nSPS) is 31.1. The number of hydrogen-bond acceptors (Lipinski definition) is 4. The van der Waals surface area contributed by atoms with Crippen molar-refractivity contribution >= 4 is 29.3 Å². The number of benzene rings is 1. The molecule has 3 aliphatic rings. The molecule has 2 heterocycles. The zero-order chi connectivity index (χ0) is 20.2. The SMILES string of the molecule is CC(=O)N1CC2C(C1)C2N1CCC(O)(C(=O)NCc2cc(F)cc(Cl)c2)C1=O. The monoisotopic (exact) mass is 409 g/mol. The summed E-state index contributed by atoms with van der Waals surface area (Å²) in [5.41, 5.74) is -1.68. The van der Waals surface area contributed by atoms with Crippen molar-refractivity contribution in [3.05, 3.63) is 34.6 Å². The van der Waals surface area contributed by atoms with E-state index < -0.39 is 23.2 Å². The second-order valence-corrected chi connectivity index (χ2v) is 8.25. The summed E-state index contributed by atoms with van der Waals surface area (Å²) < 4.78 is 13.4. The van der Waals surface area contributed by atoms with Crippen LogP contribution in [0.4, 0.5) is 4.39 Å². The van der Waals surface area contributed by atoms with Gasteiger partial charge in [0.1, 0.15) is 5.82 Å². The molecule has 0 bridgehead atoms. The molecular weight excluding hydrogens is 389 g/mol. The van der Waals surface area contributed by atoms with E-state index in [9.17, 15) is 23.9 Å². The number of rotatable bonds is 4. The molecule has 2 saturated heterocycles. The van der Waals surface area contributed by atoms with Crippen LogP contribution in [0.3, 0.4) is 0 Å². The highest BCUT2D eigenvalue weighted by Crippen LogP contribution is 2.50. The average Bonchev–Trinajstić information content (AvgIpc) is 2.97. The predicted octanol–water partition coefficient (Wildman–Crippen LogP) is 0.535. The third-order valence-electron chi connectivity index (χ3n) is 6.03. The number of fused-ring (bicyclic) bond motifs is 1. The lowest BCUT2D eigenvalue weighted by Crippen LogP contribution is -2.53. The van der Waals surface area contributed by atoms with E-state index in [0.29, 0.717) is 25.2 Å². The molecule has 3 unspecified atom stereocenters. The highest BCUT2D eigenvalue weighted by atomic mass is 35.5. The summed E-state index contributed by atoms with van der Waals surface area (Å²) in [5.74, 6) is -1.47. The Hall–Kier alpha value is -2.19. The number of nitrogens with one attached hydrogen (secondary N) is 1. The number of carbonyl (C=O) groups is 3. The summed E-state index contributed by atoms with van der Waals surface area (Å²) in [7, 11) is 0. The predicted molar refractivity (Wildman–Crippen MR) is 97.6 cm³/mol. The molecule has 1 aromatic rings. The molecule has 28 heavy (non-hydrogen) atoms. The molecule has 3 atom stereocenters. The molecule has 1 aromatic carbocycles. The van der Waals surface area contributed by atoms with Crippen molar-refractivity contribution in [1.82, 2.24) is 15.1 Å². The fourth-order valence-corrected chi connectivity index (χ4v) is 4.72. The second-order valence-electron chi connectivity index (χ2n) is 7.81. The third kappa shape index (κ3) is 3.14. The van der Waals surface area contributed by atoms with Gasteiger partial charge in [0.05, 0.1) is 0 Å². The van der Waals surface area contributed by atoms with Gasteiger partial charge in [0.25, 0.3) is 11.8 Å². The van der Waals surface area contributed by atoms with Crippen molar-refractivity contribution in [1.29, 1.82) is 0 Å². The highest BCUT2D eigenvalue weighted by Gasteiger charge is 2.64. The van der Waals surface area contributed by atoms with Gasteiger partial charge in [-0.1, -0.05) is 11.6 Å². The maximum absolute atomic E-state index is 13.4. The van der Waals surface area contributed by atoms with Crippen molar-refractivity contribution in [2.45, 2.75) is 31.5 Å². The molecular formula is C19H21ClFN3O4. The maximum Gasteiger partial charge on any atom is 0.264 e. The van der Waals surface area contributed by atoms with E-state index in [0.717, 1.165) is 6.07 Å². The minimum absolute atomic E-state index is 0.00787. The summed E-state index contributed by atoms with van der Waals surface area (Å²) in [4.78, 5) is 40.1. The van der Waals surface area contributed by atoms with Crippen molar-refractivity contribution < 1.29 is 23.9 Å². The zero-order valence-electron chi connectivity index (χ0n) is 15.3. The Morgan fingerprint density at radius 3 is 2.61 bits per heavy atom. The smallest absolute Gasteiger partial charge is 0.264 e. The molecule has 150 valence electrons. The number of halogens is 2. The van der Waals surface area contributed by atoms with Gasteiger partial charge in [-0.3, -0.25) is 14.4 Å². The molecule has 7 nitrogen and oxygen atoms in total. The highest BCUT2D eigenvalue weighted by molar-refractivity contribution is 6.30. The summed E-state index contributed by atoms with van der Waals surface area (Å²) in [6, 6.07) is 3.86. The number of aliphatic hydroxyl groups is 1. The minimum Gasteiger partial charge on any atom is -0.372 e. The van der Waals surface area contributed by atoms with Crippen LogP contribution < -0.4 is 5.32 Å². The Kier molecular flexibility index (Phi) is 4.58. The van der Waals surface area contributed by atoms with Crippen molar-refractivity contribution in [3.63, 3.8) is 0 Å². The van der Waals surface area contributed by atoms with Crippen LogP contribution in [0.5, 0.6) is 0 Å². The lowest BCUT2D eigenvalue weighted by atomic mass is 10.0. The molecule has 0 aromatic heterocycles. The largest absolute Gasteiger partial charge is 0.372 e. The van der Waals surface area contributed by atoms with E-state index in [1.807, 2.05) is 0 Å². The number of likely N-dealkylation sites (tertiary alicyclic amines) is 2. The summed E-state index contributed by atoms with van der Waals surface area (Å²) in [5, 5.41) is 13.4. The Morgan fingerprint density at radius 2 is 2.00 bits per heavy atom. The molecule has 0 radical (unpaired) electrons. The van der Waals surface area contributed by atoms with Crippen molar-refractivity contribution in [2.24, 2.45) is 11.8 Å². The molecule has 1 saturated carbocycles. The van der Waals surface area contributed by atoms with Crippen LogP contribution in [-0.4, -0.2) is 63.9 Å². The molecule has 2 aliphatic heterocycles. The number of hydrogen-bond donors (Lipinski definition) is 2. The average molecular weight is 410 g/mol. The molecule has 1 aliphatic carbocycles. The van der Waals surface area contributed by atoms with E-state index in [1.54, 1.807) is 9.80 Å². The van der Waals surface area contributed by atoms with E-state index in [2.05, 4.69) is 5.32 Å². The first-order valence-electron chi connectivity index (χ1n) is 9.23. The first-order valence-corrected chi connectivity index (χ1v) is 9.61. The van der Waals surface area contributed by atoms with Gasteiger partial charge in [-0.2, -0.15) is 0 Å². The van der Waals surface area contributed by atoms with Gasteiger partial charge in [0.15, 0.2) is 0 Å². The van der Waals surface area contributed by atoms with Gasteiger partial charge in [-0.05, 0) is 23.8 Å².